The highest BCUT2D eigenvalue weighted by Gasteiger charge is 2.83. The Morgan fingerprint density at radius 1 is 0.943 bits per heavy atom. The summed E-state index contributed by atoms with van der Waals surface area (Å²) in [7, 11) is 0. The molecule has 0 aromatic carbocycles. The van der Waals surface area contributed by atoms with E-state index in [4.69, 9.17) is 4.74 Å². The molecule has 4 saturated carbocycles. The standard InChI is InChI=1S/C30H48O5/c1-16-14-17(23(32)26(4,5)34)35-22-21(16)27(6)12-13-30-15-29(30)11-10-20(31)25(2,3)18(29)8-9-19(30)28(27,7)24(22)33/h16-20,23-24,31-34H,8-15H2,1-7H3/t16-,17-,18+,19+,20+,23-,24+,27-,28-,29-,30+/m1/s1. The van der Waals surface area contributed by atoms with Crippen LogP contribution in [0.1, 0.15) is 99.8 Å². The van der Waals surface area contributed by atoms with Crippen LogP contribution in [0.25, 0.3) is 0 Å². The van der Waals surface area contributed by atoms with E-state index >= 15 is 0 Å². The zero-order valence-electron chi connectivity index (χ0n) is 22.9. The lowest BCUT2D eigenvalue weighted by atomic mass is 9.41. The molecule has 2 spiro atoms. The maximum Gasteiger partial charge on any atom is 0.128 e. The number of ether oxygens (including phenoxy) is 1. The molecule has 6 aliphatic rings. The number of hydrogen-bond donors (Lipinski definition) is 4. The molecule has 5 aliphatic carbocycles. The molecule has 0 aromatic heterocycles. The molecule has 0 saturated heterocycles. The molecule has 0 aromatic rings. The number of aliphatic hydroxyl groups excluding tert-OH is 3. The van der Waals surface area contributed by atoms with Crippen LogP contribution < -0.4 is 0 Å². The molecule has 198 valence electrons. The number of hydrogen-bond acceptors (Lipinski definition) is 5. The largest absolute Gasteiger partial charge is 0.489 e. The third-order valence-electron chi connectivity index (χ3n) is 13.3. The van der Waals surface area contributed by atoms with Gasteiger partial charge in [-0.05, 0) is 105 Å². The van der Waals surface area contributed by atoms with E-state index in [1.165, 1.54) is 18.4 Å². The number of aliphatic hydroxyl groups is 4. The third-order valence-corrected chi connectivity index (χ3v) is 13.3. The van der Waals surface area contributed by atoms with Crippen molar-refractivity contribution >= 4 is 0 Å². The first-order chi connectivity index (χ1) is 16.1. The van der Waals surface area contributed by atoms with Crippen molar-refractivity contribution in [3.8, 4) is 0 Å². The molecule has 0 amide bonds. The second-order valence-electron chi connectivity index (χ2n) is 15.2. The van der Waals surface area contributed by atoms with Crippen LogP contribution in [0.5, 0.6) is 0 Å². The van der Waals surface area contributed by atoms with Crippen LogP contribution in [0.15, 0.2) is 11.3 Å². The van der Waals surface area contributed by atoms with Crippen molar-refractivity contribution in [2.24, 2.45) is 44.8 Å². The van der Waals surface area contributed by atoms with E-state index in [0.717, 1.165) is 32.1 Å². The fourth-order valence-corrected chi connectivity index (χ4v) is 11.3. The maximum absolute atomic E-state index is 12.1. The fourth-order valence-electron chi connectivity index (χ4n) is 11.3. The molecule has 1 heterocycles. The van der Waals surface area contributed by atoms with Gasteiger partial charge in [0.2, 0.25) is 0 Å². The minimum absolute atomic E-state index is 0.0434. The van der Waals surface area contributed by atoms with Crippen LogP contribution in [-0.2, 0) is 4.74 Å². The van der Waals surface area contributed by atoms with E-state index < -0.39 is 23.9 Å². The van der Waals surface area contributed by atoms with Gasteiger partial charge in [-0.3, -0.25) is 0 Å². The van der Waals surface area contributed by atoms with Crippen LogP contribution in [0, 0.1) is 44.8 Å². The van der Waals surface area contributed by atoms with Crippen molar-refractivity contribution in [3.05, 3.63) is 11.3 Å². The molecule has 0 bridgehead atoms. The smallest absolute Gasteiger partial charge is 0.128 e. The normalized spacial score (nSPS) is 55.1. The van der Waals surface area contributed by atoms with Crippen LogP contribution in [0.4, 0.5) is 0 Å². The van der Waals surface area contributed by atoms with Gasteiger partial charge in [0, 0.05) is 10.8 Å². The average molecular weight is 489 g/mol. The van der Waals surface area contributed by atoms with E-state index in [0.29, 0.717) is 29.4 Å². The average Bonchev–Trinajstić information content (AvgIpc) is 3.40. The maximum atomic E-state index is 12.1. The Bertz CT molecular complexity index is 964. The van der Waals surface area contributed by atoms with Gasteiger partial charge < -0.3 is 25.2 Å². The minimum atomic E-state index is -1.26. The second kappa shape index (κ2) is 6.87. The Hall–Kier alpha value is -0.620. The first-order valence-corrected chi connectivity index (χ1v) is 14.3. The van der Waals surface area contributed by atoms with Gasteiger partial charge in [0.05, 0.1) is 11.7 Å². The monoisotopic (exact) mass is 488 g/mol. The van der Waals surface area contributed by atoms with Crippen LogP contribution in [0.3, 0.4) is 0 Å². The number of rotatable bonds is 2. The second-order valence-corrected chi connectivity index (χ2v) is 15.2. The van der Waals surface area contributed by atoms with Gasteiger partial charge in [0.1, 0.15) is 24.1 Å². The summed E-state index contributed by atoms with van der Waals surface area (Å²) in [5.74, 6) is 1.90. The molecule has 5 nitrogen and oxygen atoms in total. The molecule has 5 heteroatoms. The molecule has 4 N–H and O–H groups in total. The fraction of sp³-hybridized carbons (Fsp3) is 0.933. The summed E-state index contributed by atoms with van der Waals surface area (Å²) in [5, 5.41) is 44.3. The molecule has 11 atom stereocenters. The van der Waals surface area contributed by atoms with Gasteiger partial charge in [-0.2, -0.15) is 0 Å². The van der Waals surface area contributed by atoms with Gasteiger partial charge in [-0.1, -0.05) is 34.6 Å². The molecule has 0 unspecified atom stereocenters. The lowest BCUT2D eigenvalue weighted by molar-refractivity contribution is -0.176. The summed E-state index contributed by atoms with van der Waals surface area (Å²) < 4.78 is 6.47. The Morgan fingerprint density at radius 3 is 2.23 bits per heavy atom. The lowest BCUT2D eigenvalue weighted by Gasteiger charge is -2.63. The van der Waals surface area contributed by atoms with Gasteiger partial charge >= 0.3 is 0 Å². The molecular weight excluding hydrogens is 440 g/mol. The molecular formula is C30H48O5. The van der Waals surface area contributed by atoms with Crippen LogP contribution in [-0.4, -0.2) is 50.4 Å². The molecule has 6 rings (SSSR count). The van der Waals surface area contributed by atoms with Crippen molar-refractivity contribution in [2.75, 3.05) is 0 Å². The summed E-state index contributed by atoms with van der Waals surface area (Å²) in [5.41, 5.74) is 0.143. The summed E-state index contributed by atoms with van der Waals surface area (Å²) in [4.78, 5) is 0. The molecule has 4 fully saturated rings. The van der Waals surface area contributed by atoms with Gasteiger partial charge in [-0.15, -0.1) is 0 Å². The van der Waals surface area contributed by atoms with E-state index in [1.54, 1.807) is 13.8 Å². The van der Waals surface area contributed by atoms with Gasteiger partial charge in [-0.25, -0.2) is 0 Å². The SMILES string of the molecule is C[C@@H]1C[C@H]([C@@H](O)C(C)(C)O)OC2=C1[C@@]1(C)CC[C@@]34C[C@@]35CC[C@H](O)C(C)(C)[C@@H]5CC[C@H]4[C@]1(C)[C@H]2O. The van der Waals surface area contributed by atoms with Crippen molar-refractivity contribution < 1.29 is 25.2 Å². The number of allylic oxidation sites excluding steroid dienone is 1. The summed E-state index contributed by atoms with van der Waals surface area (Å²) in [6.07, 6.45) is 6.06. The molecule has 35 heavy (non-hydrogen) atoms. The lowest BCUT2D eigenvalue weighted by Crippen LogP contribution is -2.59. The predicted molar refractivity (Wildman–Crippen MR) is 134 cm³/mol. The van der Waals surface area contributed by atoms with E-state index in [1.807, 2.05) is 0 Å². The molecule has 0 radical (unpaired) electrons. The zero-order valence-corrected chi connectivity index (χ0v) is 22.9. The minimum Gasteiger partial charge on any atom is -0.489 e. The number of fused-ring (bicyclic) bond motifs is 3. The van der Waals surface area contributed by atoms with Crippen molar-refractivity contribution in [1.82, 2.24) is 0 Å². The van der Waals surface area contributed by atoms with Gasteiger partial charge in [0.25, 0.3) is 0 Å². The highest BCUT2D eigenvalue weighted by Crippen LogP contribution is 2.89. The Morgan fingerprint density at radius 2 is 1.57 bits per heavy atom. The van der Waals surface area contributed by atoms with Gasteiger partial charge in [0.15, 0.2) is 0 Å². The zero-order chi connectivity index (χ0) is 25.6. The predicted octanol–water partition coefficient (Wildman–Crippen LogP) is 4.56. The summed E-state index contributed by atoms with van der Waals surface area (Å²) in [6, 6.07) is 0. The highest BCUT2D eigenvalue weighted by molar-refractivity contribution is 5.42. The van der Waals surface area contributed by atoms with E-state index in [9.17, 15) is 20.4 Å². The van der Waals surface area contributed by atoms with Crippen LogP contribution in [0.2, 0.25) is 0 Å². The summed E-state index contributed by atoms with van der Waals surface area (Å²) in [6.45, 7) is 14.8. The first kappa shape index (κ1) is 24.7. The molecule has 1 aliphatic heterocycles. The van der Waals surface area contributed by atoms with Crippen molar-refractivity contribution in [2.45, 2.75) is 130 Å². The van der Waals surface area contributed by atoms with Crippen molar-refractivity contribution in [3.63, 3.8) is 0 Å². The quantitative estimate of drug-likeness (QED) is 0.457. The van der Waals surface area contributed by atoms with E-state index in [-0.39, 0.29) is 33.7 Å². The Kier molecular flexibility index (Phi) is 4.85. The highest BCUT2D eigenvalue weighted by atomic mass is 16.5. The van der Waals surface area contributed by atoms with Crippen molar-refractivity contribution in [1.29, 1.82) is 0 Å². The summed E-state index contributed by atoms with van der Waals surface area (Å²) >= 11 is 0. The Labute approximate surface area is 211 Å². The first-order valence-electron chi connectivity index (χ1n) is 14.3. The topological polar surface area (TPSA) is 90.2 Å². The van der Waals surface area contributed by atoms with Crippen LogP contribution >= 0.6 is 0 Å². The Balaban J connectivity index is 1.38. The third kappa shape index (κ3) is 2.65. The van der Waals surface area contributed by atoms with E-state index in [2.05, 4.69) is 34.6 Å².